The number of fused-ring (bicyclic) bond motifs is 1. The van der Waals surface area contributed by atoms with Gasteiger partial charge < -0.3 is 10.5 Å². The Labute approximate surface area is 102 Å². The Bertz CT molecular complexity index is 534. The normalized spacial score (nSPS) is 12.0. The molecule has 90 valence electrons. The van der Waals surface area contributed by atoms with E-state index in [-0.39, 0.29) is 0 Å². The second kappa shape index (κ2) is 4.56. The van der Waals surface area contributed by atoms with Crippen molar-refractivity contribution in [2.75, 3.05) is 6.54 Å². The lowest BCUT2D eigenvalue weighted by Crippen LogP contribution is -2.43. The van der Waals surface area contributed by atoms with Gasteiger partial charge in [-0.25, -0.2) is 0 Å². The Kier molecular flexibility index (Phi) is 3.28. The molecule has 2 aromatic rings. The smallest absolute Gasteiger partial charge is 0.233 e. The molecule has 0 aliphatic rings. The van der Waals surface area contributed by atoms with Crippen LogP contribution in [0.5, 0.6) is 0 Å². The predicted octanol–water partition coefficient (Wildman–Crippen LogP) is 1.14. The Morgan fingerprint density at radius 2 is 2.00 bits per heavy atom. The molecular formula is C13H18N2OSi. The van der Waals surface area contributed by atoms with E-state index < -0.39 is 8.32 Å². The quantitative estimate of drug-likeness (QED) is 0.799. The number of hydrogen-bond donors (Lipinski definition) is 2. The Balaban J connectivity index is 2.47. The molecular weight excluding hydrogens is 228 g/mol. The van der Waals surface area contributed by atoms with Crippen LogP contribution in [0.3, 0.4) is 0 Å². The fraction of sp³-hybridized carbons (Fsp3) is 0.308. The second-order valence-corrected chi connectivity index (χ2v) is 8.45. The van der Waals surface area contributed by atoms with E-state index in [0.717, 1.165) is 22.6 Å². The summed E-state index contributed by atoms with van der Waals surface area (Å²) in [6.45, 7) is 4.42. The third-order valence-electron chi connectivity index (χ3n) is 2.81. The predicted molar refractivity (Wildman–Crippen MR) is 73.8 cm³/mol. The van der Waals surface area contributed by atoms with Crippen molar-refractivity contribution in [2.24, 2.45) is 5.73 Å². The van der Waals surface area contributed by atoms with Crippen LogP contribution in [0, 0.1) is 0 Å². The summed E-state index contributed by atoms with van der Waals surface area (Å²) in [7, 11) is -2.31. The minimum absolute atomic E-state index is 0.660. The van der Waals surface area contributed by atoms with Crippen LogP contribution in [-0.2, 0) is 6.42 Å². The van der Waals surface area contributed by atoms with E-state index in [9.17, 15) is 4.80 Å². The lowest BCUT2D eigenvalue weighted by Gasteiger charge is -2.14. The molecule has 0 radical (unpaired) electrons. The molecule has 0 spiro atoms. The average molecular weight is 246 g/mol. The topological polar surface area (TPSA) is 59.1 Å². The van der Waals surface area contributed by atoms with Crippen LogP contribution in [0.2, 0.25) is 13.1 Å². The standard InChI is InChI=1S/C13H18N2OSi/c1-17(2,16)13-6-4-11-9-10(7-8-14)3-5-12(11)15-13/h3-6,9,16H,7-8,14H2,1-2H3. The van der Waals surface area contributed by atoms with Gasteiger partial charge in [0, 0.05) is 5.39 Å². The zero-order valence-electron chi connectivity index (χ0n) is 10.3. The zero-order chi connectivity index (χ0) is 12.5. The summed E-state index contributed by atoms with van der Waals surface area (Å²) in [5.41, 5.74) is 7.72. The summed E-state index contributed by atoms with van der Waals surface area (Å²) in [4.78, 5) is 14.6. The van der Waals surface area contributed by atoms with Crippen molar-refractivity contribution in [2.45, 2.75) is 19.5 Å². The fourth-order valence-corrected chi connectivity index (χ4v) is 2.72. The highest BCUT2D eigenvalue weighted by Crippen LogP contribution is 2.14. The van der Waals surface area contributed by atoms with Crippen LogP contribution in [0.15, 0.2) is 30.3 Å². The molecule has 1 aromatic carbocycles. The van der Waals surface area contributed by atoms with Crippen LogP contribution in [0.25, 0.3) is 10.9 Å². The molecule has 0 aliphatic heterocycles. The van der Waals surface area contributed by atoms with E-state index in [1.54, 1.807) is 0 Å². The molecule has 3 nitrogen and oxygen atoms in total. The number of nitrogens with zero attached hydrogens (tertiary/aromatic N) is 1. The minimum atomic E-state index is -2.31. The first kappa shape index (κ1) is 12.2. The summed E-state index contributed by atoms with van der Waals surface area (Å²) in [6.07, 6.45) is 0.887. The van der Waals surface area contributed by atoms with Gasteiger partial charge in [-0.05, 0) is 49.8 Å². The molecule has 3 N–H and O–H groups in total. The molecule has 0 unspecified atom stereocenters. The summed E-state index contributed by atoms with van der Waals surface area (Å²) < 4.78 is 0. The zero-order valence-corrected chi connectivity index (χ0v) is 11.3. The van der Waals surface area contributed by atoms with Crippen molar-refractivity contribution in [3.63, 3.8) is 0 Å². The molecule has 1 aromatic heterocycles. The number of hydrogen-bond acceptors (Lipinski definition) is 3. The summed E-state index contributed by atoms with van der Waals surface area (Å²) >= 11 is 0. The number of pyridine rings is 1. The molecule has 0 saturated carbocycles. The van der Waals surface area contributed by atoms with Crippen molar-refractivity contribution in [1.82, 2.24) is 4.98 Å². The highest BCUT2D eigenvalue weighted by atomic mass is 28.4. The summed E-state index contributed by atoms with van der Waals surface area (Å²) in [5, 5.41) is 1.94. The fourth-order valence-electron chi connectivity index (χ4n) is 1.84. The second-order valence-electron chi connectivity index (χ2n) is 4.82. The van der Waals surface area contributed by atoms with Crippen LogP contribution in [0.1, 0.15) is 5.56 Å². The Hall–Kier alpha value is -1.23. The lowest BCUT2D eigenvalue weighted by atomic mass is 10.1. The molecule has 2 rings (SSSR count). The van der Waals surface area contributed by atoms with Crippen molar-refractivity contribution in [3.05, 3.63) is 35.9 Å². The maximum atomic E-state index is 10.0. The molecule has 17 heavy (non-hydrogen) atoms. The molecule has 4 heteroatoms. The molecule has 0 saturated heterocycles. The minimum Gasteiger partial charge on any atom is -0.426 e. The van der Waals surface area contributed by atoms with Crippen molar-refractivity contribution in [3.8, 4) is 0 Å². The third kappa shape index (κ3) is 2.72. The van der Waals surface area contributed by atoms with E-state index in [1.807, 2.05) is 31.3 Å². The largest absolute Gasteiger partial charge is 0.426 e. The molecule has 0 fully saturated rings. The molecule has 0 atom stereocenters. The SMILES string of the molecule is C[Si](C)(O)c1ccc2cc(CCN)ccc2n1. The monoisotopic (exact) mass is 246 g/mol. The maximum absolute atomic E-state index is 10.0. The number of rotatable bonds is 3. The van der Waals surface area contributed by atoms with E-state index in [4.69, 9.17) is 5.73 Å². The number of nitrogens with two attached hydrogens (primary N) is 1. The van der Waals surface area contributed by atoms with Gasteiger partial charge in [0.15, 0.2) is 0 Å². The average Bonchev–Trinajstić information content (AvgIpc) is 2.27. The van der Waals surface area contributed by atoms with E-state index in [2.05, 4.69) is 17.1 Å². The van der Waals surface area contributed by atoms with Crippen molar-refractivity contribution >= 4 is 24.5 Å². The number of benzene rings is 1. The third-order valence-corrected chi connectivity index (χ3v) is 4.35. The maximum Gasteiger partial charge on any atom is 0.233 e. The van der Waals surface area contributed by atoms with E-state index in [1.165, 1.54) is 5.56 Å². The van der Waals surface area contributed by atoms with E-state index in [0.29, 0.717) is 6.54 Å². The van der Waals surface area contributed by atoms with Gasteiger partial charge in [0.2, 0.25) is 8.32 Å². The van der Waals surface area contributed by atoms with Crippen LogP contribution in [0.4, 0.5) is 0 Å². The van der Waals surface area contributed by atoms with Crippen LogP contribution >= 0.6 is 0 Å². The van der Waals surface area contributed by atoms with E-state index >= 15 is 0 Å². The summed E-state index contributed by atoms with van der Waals surface area (Å²) in [5.74, 6) is 0. The van der Waals surface area contributed by atoms with Gasteiger partial charge in [0.1, 0.15) is 0 Å². The van der Waals surface area contributed by atoms with Gasteiger partial charge >= 0.3 is 0 Å². The van der Waals surface area contributed by atoms with Crippen LogP contribution in [-0.4, -0.2) is 24.6 Å². The lowest BCUT2D eigenvalue weighted by molar-refractivity contribution is 0.567. The Morgan fingerprint density at radius 1 is 1.24 bits per heavy atom. The molecule has 0 amide bonds. The van der Waals surface area contributed by atoms with Gasteiger partial charge in [-0.2, -0.15) is 0 Å². The van der Waals surface area contributed by atoms with Gasteiger partial charge in [-0.1, -0.05) is 12.1 Å². The first-order chi connectivity index (χ1) is 8.00. The van der Waals surface area contributed by atoms with Crippen LogP contribution < -0.4 is 11.1 Å². The highest BCUT2D eigenvalue weighted by Gasteiger charge is 2.21. The van der Waals surface area contributed by atoms with Gasteiger partial charge in [-0.3, -0.25) is 4.98 Å². The van der Waals surface area contributed by atoms with Crippen molar-refractivity contribution < 1.29 is 4.80 Å². The Morgan fingerprint density at radius 3 is 2.65 bits per heavy atom. The van der Waals surface area contributed by atoms with Gasteiger partial charge in [0.25, 0.3) is 0 Å². The molecule has 0 aliphatic carbocycles. The molecule has 0 bridgehead atoms. The summed E-state index contributed by atoms with van der Waals surface area (Å²) in [6, 6.07) is 10.1. The highest BCUT2D eigenvalue weighted by molar-refractivity contribution is 6.82. The van der Waals surface area contributed by atoms with Gasteiger partial charge in [0.05, 0.1) is 10.8 Å². The first-order valence-electron chi connectivity index (χ1n) is 5.83. The molecule has 1 heterocycles. The number of aromatic nitrogens is 1. The van der Waals surface area contributed by atoms with Gasteiger partial charge in [-0.15, -0.1) is 0 Å². The van der Waals surface area contributed by atoms with Crippen molar-refractivity contribution in [1.29, 1.82) is 0 Å². The first-order valence-corrected chi connectivity index (χ1v) is 8.78.